The number of carbonyl (C=O) groups is 1. The average Bonchev–Trinajstić information content (AvgIpc) is 3.73. The molecule has 38 heavy (non-hydrogen) atoms. The van der Waals surface area contributed by atoms with E-state index >= 15 is 0 Å². The number of carbonyl (C=O) groups excluding carboxylic acids is 1. The summed E-state index contributed by atoms with van der Waals surface area (Å²) in [5.74, 6) is 2.75. The smallest absolute Gasteiger partial charge is 0.222 e. The van der Waals surface area contributed by atoms with Crippen LogP contribution in [0.15, 0.2) is 36.4 Å². The number of benzene rings is 1. The summed E-state index contributed by atoms with van der Waals surface area (Å²) in [7, 11) is 0. The summed E-state index contributed by atoms with van der Waals surface area (Å²) in [5.41, 5.74) is 5.93. The molecule has 1 aromatic carbocycles. The Morgan fingerprint density at radius 3 is 2.66 bits per heavy atom. The van der Waals surface area contributed by atoms with Gasteiger partial charge in [0, 0.05) is 30.8 Å². The molecule has 5 heterocycles. The molecule has 1 amide bonds. The number of hydrogen-bond donors (Lipinski definition) is 1. The van der Waals surface area contributed by atoms with Crippen molar-refractivity contribution in [3.05, 3.63) is 64.7 Å². The molecule has 6 rings (SSSR count). The van der Waals surface area contributed by atoms with E-state index in [1.165, 1.54) is 5.56 Å². The van der Waals surface area contributed by atoms with Crippen LogP contribution < -0.4 is 0 Å². The second kappa shape index (κ2) is 9.77. The lowest BCUT2D eigenvalue weighted by molar-refractivity contribution is -0.130. The number of rotatable bonds is 7. The van der Waals surface area contributed by atoms with Gasteiger partial charge in [0.1, 0.15) is 0 Å². The molecule has 194 valence electrons. The van der Waals surface area contributed by atoms with Crippen LogP contribution >= 0.6 is 0 Å². The minimum Gasteiger partial charge on any atom is -0.342 e. The Kier molecular flexibility index (Phi) is 6.14. The summed E-state index contributed by atoms with van der Waals surface area (Å²) >= 11 is 0. The highest BCUT2D eigenvalue weighted by Crippen LogP contribution is 2.24. The molecule has 0 bridgehead atoms. The van der Waals surface area contributed by atoms with E-state index in [4.69, 9.17) is 5.10 Å². The van der Waals surface area contributed by atoms with Crippen LogP contribution in [0.3, 0.4) is 0 Å². The molecule has 1 N–H and O–H groups in total. The van der Waals surface area contributed by atoms with Crippen molar-refractivity contribution in [2.45, 2.75) is 46.5 Å². The number of fused-ring (bicyclic) bond motifs is 1. The summed E-state index contributed by atoms with van der Waals surface area (Å²) in [6.07, 6.45) is 3.10. The van der Waals surface area contributed by atoms with Gasteiger partial charge in [0.25, 0.3) is 0 Å². The zero-order valence-electron chi connectivity index (χ0n) is 21.7. The van der Waals surface area contributed by atoms with E-state index in [0.717, 1.165) is 54.3 Å². The van der Waals surface area contributed by atoms with E-state index in [1.54, 1.807) is 4.52 Å². The number of likely N-dealkylation sites (tertiary alicyclic amines) is 1. The van der Waals surface area contributed by atoms with Gasteiger partial charge in [-0.25, -0.2) is 9.78 Å². The summed E-state index contributed by atoms with van der Waals surface area (Å²) in [6.45, 7) is 7.49. The van der Waals surface area contributed by atoms with E-state index in [9.17, 15) is 4.79 Å². The lowest BCUT2D eigenvalue weighted by Crippen LogP contribution is -2.29. The monoisotopic (exact) mass is 511 g/mol. The van der Waals surface area contributed by atoms with Gasteiger partial charge in [0.15, 0.2) is 23.1 Å². The van der Waals surface area contributed by atoms with Crippen molar-refractivity contribution in [1.29, 1.82) is 0 Å². The second-order valence-electron chi connectivity index (χ2n) is 9.92. The van der Waals surface area contributed by atoms with Gasteiger partial charge < -0.3 is 4.90 Å². The van der Waals surface area contributed by atoms with E-state index in [0.29, 0.717) is 36.0 Å². The van der Waals surface area contributed by atoms with Gasteiger partial charge in [-0.05, 0) is 79.6 Å². The number of H-pyrrole nitrogens is 1. The number of aromatic amines is 1. The Balaban J connectivity index is 1.06. The fraction of sp³-hybridized carbons (Fsp3) is 0.385. The molecule has 4 aromatic heterocycles. The molecule has 0 saturated carbocycles. The molecule has 12 heteroatoms. The number of hydrogen-bond acceptors (Lipinski definition) is 8. The number of tetrazole rings is 1. The molecule has 12 nitrogen and oxygen atoms in total. The van der Waals surface area contributed by atoms with Gasteiger partial charge in [-0.3, -0.25) is 4.79 Å². The van der Waals surface area contributed by atoms with Crippen LogP contribution in [-0.4, -0.2) is 74.1 Å². The number of nitrogens with one attached hydrogen (secondary N) is 1. The zero-order valence-corrected chi connectivity index (χ0v) is 21.7. The number of nitrogens with zero attached hydrogens (tertiary/aromatic N) is 10. The third-order valence-electron chi connectivity index (χ3n) is 7.39. The van der Waals surface area contributed by atoms with Crippen LogP contribution in [0.1, 0.15) is 41.2 Å². The van der Waals surface area contributed by atoms with Crippen LogP contribution in [-0.2, 0) is 17.6 Å². The molecule has 1 atom stereocenters. The Morgan fingerprint density at radius 1 is 1.03 bits per heavy atom. The summed E-state index contributed by atoms with van der Waals surface area (Å²) in [4.78, 5) is 15.1. The average molecular weight is 512 g/mol. The maximum absolute atomic E-state index is 13.1. The summed E-state index contributed by atoms with van der Waals surface area (Å²) in [6, 6.07) is 12.1. The Labute approximate surface area is 219 Å². The molecule has 0 spiro atoms. The van der Waals surface area contributed by atoms with Crippen molar-refractivity contribution in [3.63, 3.8) is 0 Å². The normalized spacial score (nSPS) is 15.6. The van der Waals surface area contributed by atoms with Crippen LogP contribution in [0.25, 0.3) is 22.9 Å². The molecule has 1 fully saturated rings. The van der Waals surface area contributed by atoms with Crippen LogP contribution in [0.5, 0.6) is 0 Å². The van der Waals surface area contributed by atoms with E-state index in [-0.39, 0.29) is 5.91 Å². The Bertz CT molecular complexity index is 1580. The van der Waals surface area contributed by atoms with Crippen molar-refractivity contribution in [2.24, 2.45) is 5.92 Å². The second-order valence-corrected chi connectivity index (χ2v) is 9.92. The van der Waals surface area contributed by atoms with Gasteiger partial charge in [-0.15, -0.1) is 20.4 Å². The largest absolute Gasteiger partial charge is 0.342 e. The van der Waals surface area contributed by atoms with Crippen molar-refractivity contribution in [1.82, 2.24) is 55.1 Å². The lowest BCUT2D eigenvalue weighted by atomic mass is 9.98. The fourth-order valence-electron chi connectivity index (χ4n) is 5.29. The topological polar surface area (TPSA) is 136 Å². The quantitative estimate of drug-likeness (QED) is 0.352. The highest BCUT2D eigenvalue weighted by Gasteiger charge is 2.27. The first kappa shape index (κ1) is 23.9. The van der Waals surface area contributed by atoms with Gasteiger partial charge in [-0.1, -0.05) is 24.3 Å². The van der Waals surface area contributed by atoms with E-state index in [2.05, 4.69) is 48.1 Å². The molecule has 0 aliphatic carbocycles. The minimum absolute atomic E-state index is 0.201. The Hall–Kier alpha value is -4.48. The van der Waals surface area contributed by atoms with Crippen LogP contribution in [0.4, 0.5) is 0 Å². The van der Waals surface area contributed by atoms with E-state index in [1.807, 2.05) is 54.6 Å². The minimum atomic E-state index is 0.201. The third kappa shape index (κ3) is 4.53. The number of amides is 1. The predicted octanol–water partition coefficient (Wildman–Crippen LogP) is 2.44. The Morgan fingerprint density at radius 2 is 1.87 bits per heavy atom. The first-order valence-corrected chi connectivity index (χ1v) is 12.8. The molecule has 0 radical (unpaired) electrons. The van der Waals surface area contributed by atoms with Gasteiger partial charge >= 0.3 is 0 Å². The highest BCUT2D eigenvalue weighted by atomic mass is 16.2. The standard InChI is InChI=1S/C26H29N11O/c1-16-22(17(2)36(31-16)24-10-9-23-28-27-18(3)37(23)32-24)8-11-25(38)35-13-12-20(15-35)14-19-4-6-21(7-5-19)26-29-33-34-30-26/h4-7,9-10,20H,8,11-15H2,1-3H3,(H,29,30,33,34). The van der Waals surface area contributed by atoms with Gasteiger partial charge in [-0.2, -0.15) is 9.61 Å². The molecule has 1 aliphatic heterocycles. The molecule has 1 aliphatic rings. The molecular weight excluding hydrogens is 482 g/mol. The summed E-state index contributed by atoms with van der Waals surface area (Å²) < 4.78 is 3.55. The number of aromatic nitrogens is 10. The van der Waals surface area contributed by atoms with Gasteiger partial charge in [0.05, 0.1) is 5.69 Å². The zero-order chi connectivity index (χ0) is 26.2. The molecule has 1 unspecified atom stereocenters. The van der Waals surface area contributed by atoms with Crippen LogP contribution in [0.2, 0.25) is 0 Å². The maximum Gasteiger partial charge on any atom is 0.222 e. The SMILES string of the molecule is Cc1nn(-c2ccc3nnc(C)n3n2)c(C)c1CCC(=O)N1CCC(Cc2ccc(-c3nnn[nH]3)cc2)C1. The highest BCUT2D eigenvalue weighted by molar-refractivity contribution is 5.76. The predicted molar refractivity (Wildman–Crippen MR) is 138 cm³/mol. The fourth-order valence-corrected chi connectivity index (χ4v) is 5.29. The van der Waals surface area contributed by atoms with Crippen molar-refractivity contribution in [3.8, 4) is 17.2 Å². The molecular formula is C26H29N11O. The first-order valence-electron chi connectivity index (χ1n) is 12.8. The van der Waals surface area contributed by atoms with Crippen LogP contribution in [0, 0.1) is 26.7 Å². The van der Waals surface area contributed by atoms with Crippen molar-refractivity contribution >= 4 is 11.6 Å². The molecule has 5 aromatic rings. The van der Waals surface area contributed by atoms with Gasteiger partial charge in [0.2, 0.25) is 5.91 Å². The maximum atomic E-state index is 13.1. The molecule has 1 saturated heterocycles. The lowest BCUT2D eigenvalue weighted by Gasteiger charge is -2.17. The number of aryl methyl sites for hydroxylation is 2. The first-order chi connectivity index (χ1) is 18.5. The third-order valence-corrected chi connectivity index (χ3v) is 7.39. The van der Waals surface area contributed by atoms with Crippen molar-refractivity contribution < 1.29 is 4.79 Å². The summed E-state index contributed by atoms with van der Waals surface area (Å²) in [5, 5.41) is 31.5. The van der Waals surface area contributed by atoms with Crippen molar-refractivity contribution in [2.75, 3.05) is 13.1 Å². The van der Waals surface area contributed by atoms with E-state index < -0.39 is 0 Å².